The van der Waals surface area contributed by atoms with Crippen molar-refractivity contribution in [2.24, 2.45) is 0 Å². The van der Waals surface area contributed by atoms with Crippen LogP contribution in [0.15, 0.2) is 34.9 Å². The second-order valence-corrected chi connectivity index (χ2v) is 3.82. The highest BCUT2D eigenvalue weighted by Crippen LogP contribution is 1.95. The molecule has 0 fully saturated rings. The number of hydrogen-bond acceptors (Lipinski definition) is 4. The Labute approximate surface area is 106 Å². The molecular formula is C14H15N3O. The van der Waals surface area contributed by atoms with Gasteiger partial charge in [0.1, 0.15) is 0 Å². The Kier molecular flexibility index (Phi) is 4.51. The number of benzene rings is 1. The molecule has 0 aliphatic rings. The van der Waals surface area contributed by atoms with Gasteiger partial charge in [-0.3, -0.25) is 0 Å². The van der Waals surface area contributed by atoms with Crippen LogP contribution in [0.25, 0.3) is 0 Å². The summed E-state index contributed by atoms with van der Waals surface area (Å²) in [5.74, 6) is 7.49. The van der Waals surface area contributed by atoms with Gasteiger partial charge in [0, 0.05) is 25.5 Å². The highest BCUT2D eigenvalue weighted by Gasteiger charge is 1.99. The van der Waals surface area contributed by atoms with Gasteiger partial charge in [0.2, 0.25) is 5.89 Å². The molecule has 0 unspecified atom stereocenters. The van der Waals surface area contributed by atoms with Crippen molar-refractivity contribution in [1.82, 2.24) is 15.5 Å². The van der Waals surface area contributed by atoms with Crippen LogP contribution in [0.5, 0.6) is 0 Å². The Hall–Kier alpha value is -2.12. The van der Waals surface area contributed by atoms with Crippen molar-refractivity contribution >= 4 is 0 Å². The van der Waals surface area contributed by atoms with E-state index in [1.54, 1.807) is 6.92 Å². The highest BCUT2D eigenvalue weighted by atomic mass is 16.5. The van der Waals surface area contributed by atoms with Crippen LogP contribution < -0.4 is 5.32 Å². The van der Waals surface area contributed by atoms with Crippen molar-refractivity contribution in [2.45, 2.75) is 13.3 Å². The van der Waals surface area contributed by atoms with Gasteiger partial charge in [-0.2, -0.15) is 4.98 Å². The predicted octanol–water partition coefficient (Wildman–Crippen LogP) is 1.56. The van der Waals surface area contributed by atoms with E-state index in [1.807, 2.05) is 30.3 Å². The summed E-state index contributed by atoms with van der Waals surface area (Å²) in [4.78, 5) is 4.12. The number of nitrogens with zero attached hydrogens (tertiary/aromatic N) is 2. The lowest BCUT2D eigenvalue weighted by Gasteiger charge is -1.95. The first-order valence-corrected chi connectivity index (χ1v) is 5.88. The van der Waals surface area contributed by atoms with E-state index in [0.29, 0.717) is 12.4 Å². The molecule has 4 nitrogen and oxygen atoms in total. The van der Waals surface area contributed by atoms with Gasteiger partial charge in [0.15, 0.2) is 5.82 Å². The van der Waals surface area contributed by atoms with Crippen molar-refractivity contribution in [1.29, 1.82) is 0 Å². The summed E-state index contributed by atoms with van der Waals surface area (Å²) < 4.78 is 4.88. The third-order valence-electron chi connectivity index (χ3n) is 2.31. The summed E-state index contributed by atoms with van der Waals surface area (Å²) in [5, 5.41) is 7.04. The topological polar surface area (TPSA) is 51.0 Å². The van der Waals surface area contributed by atoms with Gasteiger partial charge < -0.3 is 9.84 Å². The SMILES string of the molecule is Cc1nc(CCNCC#Cc2ccccc2)no1. The first-order valence-electron chi connectivity index (χ1n) is 5.88. The zero-order chi connectivity index (χ0) is 12.6. The highest BCUT2D eigenvalue weighted by molar-refractivity contribution is 5.33. The maximum Gasteiger partial charge on any atom is 0.223 e. The molecule has 0 saturated heterocycles. The van der Waals surface area contributed by atoms with Crippen LogP contribution in [0.2, 0.25) is 0 Å². The van der Waals surface area contributed by atoms with Crippen molar-refractivity contribution in [3.63, 3.8) is 0 Å². The van der Waals surface area contributed by atoms with Crippen LogP contribution in [0.1, 0.15) is 17.3 Å². The van der Waals surface area contributed by atoms with Crippen molar-refractivity contribution in [3.05, 3.63) is 47.6 Å². The lowest BCUT2D eigenvalue weighted by atomic mass is 10.2. The molecule has 0 aliphatic heterocycles. The van der Waals surface area contributed by atoms with Gasteiger partial charge >= 0.3 is 0 Å². The molecule has 1 heterocycles. The molecule has 2 aromatic rings. The maximum absolute atomic E-state index is 4.88. The Morgan fingerprint density at radius 2 is 2.11 bits per heavy atom. The van der Waals surface area contributed by atoms with Crippen LogP contribution in [0.3, 0.4) is 0 Å². The second kappa shape index (κ2) is 6.58. The van der Waals surface area contributed by atoms with E-state index in [-0.39, 0.29) is 0 Å². The maximum atomic E-state index is 4.88. The molecule has 0 amide bonds. The number of aryl methyl sites for hydroxylation is 1. The van der Waals surface area contributed by atoms with E-state index < -0.39 is 0 Å². The van der Waals surface area contributed by atoms with Crippen LogP contribution in [0.4, 0.5) is 0 Å². The number of aromatic nitrogens is 2. The Bertz CT molecular complexity index is 537. The quantitative estimate of drug-likeness (QED) is 0.652. The van der Waals surface area contributed by atoms with Crippen LogP contribution in [0, 0.1) is 18.8 Å². The molecule has 2 rings (SSSR count). The number of nitrogens with one attached hydrogen (secondary N) is 1. The van der Waals surface area contributed by atoms with Crippen molar-refractivity contribution in [3.8, 4) is 11.8 Å². The average molecular weight is 241 g/mol. The van der Waals surface area contributed by atoms with Crippen LogP contribution >= 0.6 is 0 Å². The molecule has 0 radical (unpaired) electrons. The molecule has 0 saturated carbocycles. The lowest BCUT2D eigenvalue weighted by molar-refractivity contribution is 0.387. The van der Waals surface area contributed by atoms with Gasteiger partial charge in [0.25, 0.3) is 0 Å². The normalized spacial score (nSPS) is 9.83. The van der Waals surface area contributed by atoms with Gasteiger partial charge in [-0.15, -0.1) is 0 Å². The summed E-state index contributed by atoms with van der Waals surface area (Å²) in [5.41, 5.74) is 1.04. The van der Waals surface area contributed by atoms with Crippen LogP contribution in [-0.2, 0) is 6.42 Å². The molecule has 0 atom stereocenters. The standard InChI is InChI=1S/C14H15N3O/c1-12-16-14(17-18-12)9-11-15-10-5-8-13-6-3-2-4-7-13/h2-4,6-7,15H,9-11H2,1H3. The molecule has 4 heteroatoms. The number of hydrogen-bond donors (Lipinski definition) is 1. The molecule has 18 heavy (non-hydrogen) atoms. The van der Waals surface area contributed by atoms with Gasteiger partial charge in [-0.05, 0) is 12.1 Å². The molecule has 0 aliphatic carbocycles. The first-order chi connectivity index (χ1) is 8.84. The summed E-state index contributed by atoms with van der Waals surface area (Å²) in [6, 6.07) is 9.94. The molecular weight excluding hydrogens is 226 g/mol. The van der Waals surface area contributed by atoms with E-state index in [1.165, 1.54) is 0 Å². The largest absolute Gasteiger partial charge is 0.340 e. The monoisotopic (exact) mass is 241 g/mol. The van der Waals surface area contributed by atoms with Gasteiger partial charge in [0.05, 0.1) is 6.54 Å². The minimum atomic E-state index is 0.605. The predicted molar refractivity (Wildman–Crippen MR) is 68.9 cm³/mol. The zero-order valence-corrected chi connectivity index (χ0v) is 10.3. The van der Waals surface area contributed by atoms with E-state index in [0.717, 1.165) is 24.4 Å². The first kappa shape index (κ1) is 12.3. The van der Waals surface area contributed by atoms with Gasteiger partial charge in [-0.1, -0.05) is 35.2 Å². The molecule has 1 aromatic carbocycles. The Morgan fingerprint density at radius 3 is 2.83 bits per heavy atom. The Balaban J connectivity index is 1.66. The molecule has 1 aromatic heterocycles. The third-order valence-corrected chi connectivity index (χ3v) is 2.31. The summed E-state index contributed by atoms with van der Waals surface area (Å²) in [7, 11) is 0. The molecule has 1 N–H and O–H groups in total. The minimum Gasteiger partial charge on any atom is -0.340 e. The van der Waals surface area contributed by atoms with Crippen molar-refractivity contribution in [2.75, 3.05) is 13.1 Å². The average Bonchev–Trinajstić information content (AvgIpc) is 2.81. The lowest BCUT2D eigenvalue weighted by Crippen LogP contribution is -2.17. The van der Waals surface area contributed by atoms with E-state index in [9.17, 15) is 0 Å². The summed E-state index contributed by atoms with van der Waals surface area (Å²) in [6.45, 7) is 3.24. The van der Waals surface area contributed by atoms with Crippen LogP contribution in [-0.4, -0.2) is 23.2 Å². The van der Waals surface area contributed by atoms with Gasteiger partial charge in [-0.25, -0.2) is 0 Å². The van der Waals surface area contributed by atoms with Crippen molar-refractivity contribution < 1.29 is 4.52 Å². The third kappa shape index (κ3) is 4.04. The summed E-state index contributed by atoms with van der Waals surface area (Å²) in [6.07, 6.45) is 0.754. The molecule has 0 bridgehead atoms. The van der Waals surface area contributed by atoms with E-state index >= 15 is 0 Å². The fourth-order valence-electron chi connectivity index (χ4n) is 1.46. The van der Waals surface area contributed by atoms with E-state index in [2.05, 4.69) is 27.3 Å². The zero-order valence-electron chi connectivity index (χ0n) is 10.3. The molecule has 0 spiro atoms. The summed E-state index contributed by atoms with van der Waals surface area (Å²) >= 11 is 0. The number of rotatable bonds is 4. The second-order valence-electron chi connectivity index (χ2n) is 3.82. The minimum absolute atomic E-state index is 0.605. The van der Waals surface area contributed by atoms with E-state index in [4.69, 9.17) is 4.52 Å². The smallest absolute Gasteiger partial charge is 0.223 e. The Morgan fingerprint density at radius 1 is 1.28 bits per heavy atom. The molecule has 92 valence electrons. The fourth-order valence-corrected chi connectivity index (χ4v) is 1.46. The fraction of sp³-hybridized carbons (Fsp3) is 0.286.